The maximum absolute atomic E-state index is 3.55. The molecule has 1 saturated carbocycles. The van der Waals surface area contributed by atoms with Crippen LogP contribution >= 0.6 is 0 Å². The molecule has 0 radical (unpaired) electrons. The minimum Gasteiger partial charge on any atom is -0.316 e. The summed E-state index contributed by atoms with van der Waals surface area (Å²) in [5, 5.41) is 3.55. The van der Waals surface area contributed by atoms with Gasteiger partial charge in [-0.15, -0.1) is 0 Å². The fraction of sp³-hybridized carbons (Fsp3) is 1.00. The molecule has 0 aromatic rings. The molecule has 1 aliphatic heterocycles. The largest absolute Gasteiger partial charge is 0.316 e. The van der Waals surface area contributed by atoms with Gasteiger partial charge in [0, 0.05) is 6.54 Å². The van der Waals surface area contributed by atoms with Crippen molar-refractivity contribution in [3.05, 3.63) is 0 Å². The Morgan fingerprint density at radius 1 is 1.11 bits per heavy atom. The second kappa shape index (κ2) is 7.49. The van der Waals surface area contributed by atoms with Crippen LogP contribution in [-0.2, 0) is 0 Å². The quantitative estimate of drug-likeness (QED) is 0.731. The smallest absolute Gasteiger partial charge is 0.00123 e. The lowest BCUT2D eigenvalue weighted by molar-refractivity contribution is 0.0861. The van der Waals surface area contributed by atoms with E-state index in [9.17, 15) is 0 Å². The van der Waals surface area contributed by atoms with Crippen LogP contribution in [0.2, 0.25) is 0 Å². The molecule has 1 saturated heterocycles. The Balaban J connectivity index is 1.57. The van der Waals surface area contributed by atoms with Gasteiger partial charge >= 0.3 is 0 Å². The molecule has 0 bridgehead atoms. The summed E-state index contributed by atoms with van der Waals surface area (Å²) in [7, 11) is 0. The van der Waals surface area contributed by atoms with E-state index in [4.69, 9.17) is 0 Å². The first kappa shape index (κ1) is 14.3. The van der Waals surface area contributed by atoms with E-state index >= 15 is 0 Å². The highest BCUT2D eigenvalue weighted by Crippen LogP contribution is 2.35. The van der Waals surface area contributed by atoms with E-state index in [1.165, 1.54) is 71.2 Å². The normalized spacial score (nSPS) is 29.5. The van der Waals surface area contributed by atoms with Gasteiger partial charge in [0.25, 0.3) is 0 Å². The van der Waals surface area contributed by atoms with Crippen LogP contribution in [0.5, 0.6) is 0 Å². The second-order valence-electron chi connectivity index (χ2n) is 6.85. The monoisotopic (exact) mass is 252 g/mol. The van der Waals surface area contributed by atoms with E-state index in [0.717, 1.165) is 17.8 Å². The molecule has 2 aliphatic rings. The lowest BCUT2D eigenvalue weighted by atomic mass is 9.75. The van der Waals surface area contributed by atoms with Crippen molar-refractivity contribution >= 4 is 0 Å². The van der Waals surface area contributed by atoms with Crippen LogP contribution in [0, 0.1) is 17.8 Å². The standard InChI is InChI=1S/C16H32N2/c1-14(2)12-17-9-5-10-18-11-8-15-6-3-4-7-16(15)13-18/h14-17H,3-13H2,1-2H3. The van der Waals surface area contributed by atoms with Crippen molar-refractivity contribution in [2.24, 2.45) is 17.8 Å². The first-order valence-electron chi connectivity index (χ1n) is 8.19. The zero-order valence-corrected chi connectivity index (χ0v) is 12.5. The summed E-state index contributed by atoms with van der Waals surface area (Å²) in [5.41, 5.74) is 0. The third-order valence-electron chi connectivity index (χ3n) is 4.76. The molecule has 2 atom stereocenters. The van der Waals surface area contributed by atoms with Crippen molar-refractivity contribution in [2.45, 2.75) is 52.4 Å². The summed E-state index contributed by atoms with van der Waals surface area (Å²) < 4.78 is 0. The van der Waals surface area contributed by atoms with Crippen molar-refractivity contribution in [1.29, 1.82) is 0 Å². The lowest BCUT2D eigenvalue weighted by Gasteiger charge is -2.41. The molecular weight excluding hydrogens is 220 g/mol. The highest BCUT2D eigenvalue weighted by Gasteiger charge is 2.30. The van der Waals surface area contributed by atoms with Gasteiger partial charge in [0.15, 0.2) is 0 Å². The predicted molar refractivity (Wildman–Crippen MR) is 78.8 cm³/mol. The van der Waals surface area contributed by atoms with Gasteiger partial charge in [-0.3, -0.25) is 0 Å². The van der Waals surface area contributed by atoms with E-state index < -0.39 is 0 Å². The maximum atomic E-state index is 3.55. The van der Waals surface area contributed by atoms with Gasteiger partial charge in [-0.05, 0) is 63.2 Å². The van der Waals surface area contributed by atoms with Crippen molar-refractivity contribution in [3.63, 3.8) is 0 Å². The number of hydrogen-bond donors (Lipinski definition) is 1. The van der Waals surface area contributed by atoms with Crippen molar-refractivity contribution in [1.82, 2.24) is 10.2 Å². The third kappa shape index (κ3) is 4.55. The molecule has 0 spiro atoms. The Hall–Kier alpha value is -0.0800. The Bertz CT molecular complexity index is 227. The Labute approximate surface area is 114 Å². The van der Waals surface area contributed by atoms with E-state index in [0.29, 0.717) is 0 Å². The highest BCUT2D eigenvalue weighted by atomic mass is 15.1. The van der Waals surface area contributed by atoms with E-state index in [1.807, 2.05) is 0 Å². The molecule has 2 nitrogen and oxygen atoms in total. The van der Waals surface area contributed by atoms with Crippen LogP contribution in [0.25, 0.3) is 0 Å². The summed E-state index contributed by atoms with van der Waals surface area (Å²) in [6.07, 6.45) is 8.82. The van der Waals surface area contributed by atoms with Crippen LogP contribution in [0.3, 0.4) is 0 Å². The topological polar surface area (TPSA) is 15.3 Å². The third-order valence-corrected chi connectivity index (χ3v) is 4.76. The SMILES string of the molecule is CC(C)CNCCCN1CCC2CCCCC2C1. The van der Waals surface area contributed by atoms with E-state index in [2.05, 4.69) is 24.1 Å². The highest BCUT2D eigenvalue weighted by molar-refractivity contribution is 4.83. The summed E-state index contributed by atoms with van der Waals surface area (Å²) in [6.45, 7) is 11.0. The number of nitrogens with zero attached hydrogens (tertiary/aromatic N) is 1. The van der Waals surface area contributed by atoms with Crippen LogP contribution in [0.15, 0.2) is 0 Å². The fourth-order valence-electron chi connectivity index (χ4n) is 3.70. The zero-order chi connectivity index (χ0) is 12.8. The van der Waals surface area contributed by atoms with Crippen LogP contribution in [-0.4, -0.2) is 37.6 Å². The predicted octanol–water partition coefficient (Wildman–Crippen LogP) is 3.13. The van der Waals surface area contributed by atoms with Crippen molar-refractivity contribution in [3.8, 4) is 0 Å². The van der Waals surface area contributed by atoms with Crippen molar-refractivity contribution < 1.29 is 0 Å². The number of nitrogens with one attached hydrogen (secondary N) is 1. The minimum atomic E-state index is 0.781. The van der Waals surface area contributed by atoms with Gasteiger partial charge in [0.1, 0.15) is 0 Å². The van der Waals surface area contributed by atoms with Crippen molar-refractivity contribution in [2.75, 3.05) is 32.7 Å². The summed E-state index contributed by atoms with van der Waals surface area (Å²) in [5.74, 6) is 2.90. The second-order valence-corrected chi connectivity index (χ2v) is 6.85. The molecule has 2 fully saturated rings. The van der Waals surface area contributed by atoms with Gasteiger partial charge in [-0.1, -0.05) is 33.1 Å². The molecule has 2 heteroatoms. The van der Waals surface area contributed by atoms with Crippen LogP contribution < -0.4 is 5.32 Å². The van der Waals surface area contributed by atoms with Crippen LogP contribution in [0.4, 0.5) is 0 Å². The molecular formula is C16H32N2. The average Bonchev–Trinajstić information content (AvgIpc) is 2.38. The summed E-state index contributed by atoms with van der Waals surface area (Å²) in [4.78, 5) is 2.73. The lowest BCUT2D eigenvalue weighted by Crippen LogP contribution is -2.42. The molecule has 0 aromatic carbocycles. The first-order valence-corrected chi connectivity index (χ1v) is 8.19. The molecule has 18 heavy (non-hydrogen) atoms. The molecule has 1 heterocycles. The Morgan fingerprint density at radius 2 is 1.89 bits per heavy atom. The molecule has 1 aliphatic carbocycles. The van der Waals surface area contributed by atoms with Gasteiger partial charge in [-0.2, -0.15) is 0 Å². The summed E-state index contributed by atoms with van der Waals surface area (Å²) >= 11 is 0. The minimum absolute atomic E-state index is 0.781. The van der Waals surface area contributed by atoms with Gasteiger partial charge in [0.2, 0.25) is 0 Å². The van der Waals surface area contributed by atoms with E-state index in [-0.39, 0.29) is 0 Å². The van der Waals surface area contributed by atoms with Gasteiger partial charge in [-0.25, -0.2) is 0 Å². The van der Waals surface area contributed by atoms with E-state index in [1.54, 1.807) is 0 Å². The summed E-state index contributed by atoms with van der Waals surface area (Å²) in [6, 6.07) is 0. The number of rotatable bonds is 6. The Morgan fingerprint density at radius 3 is 2.67 bits per heavy atom. The Kier molecular flexibility index (Phi) is 5.97. The average molecular weight is 252 g/mol. The molecule has 0 amide bonds. The van der Waals surface area contributed by atoms with Crippen LogP contribution in [0.1, 0.15) is 52.4 Å². The molecule has 1 N–H and O–H groups in total. The first-order chi connectivity index (χ1) is 8.75. The van der Waals surface area contributed by atoms with Gasteiger partial charge < -0.3 is 10.2 Å². The molecule has 0 aromatic heterocycles. The zero-order valence-electron chi connectivity index (χ0n) is 12.5. The number of hydrogen-bond acceptors (Lipinski definition) is 2. The molecule has 2 unspecified atom stereocenters. The molecule has 106 valence electrons. The number of likely N-dealkylation sites (tertiary alicyclic amines) is 1. The number of fused-ring (bicyclic) bond motifs is 1. The molecule has 2 rings (SSSR count). The van der Waals surface area contributed by atoms with Gasteiger partial charge in [0.05, 0.1) is 0 Å². The maximum Gasteiger partial charge on any atom is 0.00123 e. The number of piperidine rings is 1. The fourth-order valence-corrected chi connectivity index (χ4v) is 3.70.